The largest absolute Gasteiger partial charge is 0.264 e. The van der Waals surface area contributed by atoms with Gasteiger partial charge >= 0.3 is 0 Å². The van der Waals surface area contributed by atoms with Crippen molar-refractivity contribution in [3.05, 3.63) is 179 Å². The van der Waals surface area contributed by atoms with Crippen molar-refractivity contribution in [1.82, 2.24) is 9.97 Å². The molecule has 0 saturated heterocycles. The summed E-state index contributed by atoms with van der Waals surface area (Å²) in [6.45, 7) is 0. The third kappa shape index (κ3) is 3.97. The van der Waals surface area contributed by atoms with E-state index >= 15 is 0 Å². The van der Waals surface area contributed by atoms with Crippen LogP contribution in [0.15, 0.2) is 146 Å². The van der Waals surface area contributed by atoms with Crippen molar-refractivity contribution in [3.8, 4) is 22.3 Å². The van der Waals surface area contributed by atoms with Crippen molar-refractivity contribution in [2.24, 2.45) is 0 Å². The predicted molar refractivity (Wildman–Crippen MR) is 159 cm³/mol. The van der Waals surface area contributed by atoms with Crippen molar-refractivity contribution >= 4 is 0 Å². The Balaban J connectivity index is 1.50. The summed E-state index contributed by atoms with van der Waals surface area (Å²) in [7, 11) is 0. The Bertz CT molecular complexity index is 1590. The minimum Gasteiger partial charge on any atom is -0.264 e. The molecule has 6 aromatic rings. The quantitative estimate of drug-likeness (QED) is 0.243. The smallest absolute Gasteiger partial charge is 0.0706 e. The van der Waals surface area contributed by atoms with Crippen molar-refractivity contribution in [1.29, 1.82) is 0 Å². The maximum absolute atomic E-state index is 4.34. The second-order valence-electron chi connectivity index (χ2n) is 10.2. The Morgan fingerprint density at radius 2 is 0.846 bits per heavy atom. The van der Waals surface area contributed by atoms with Gasteiger partial charge in [0.05, 0.1) is 5.41 Å². The number of benzene rings is 4. The maximum atomic E-state index is 4.34. The zero-order chi connectivity index (χ0) is 26.1. The minimum absolute atomic E-state index is 0.440. The molecular weight excluding hydrogens is 472 g/mol. The van der Waals surface area contributed by atoms with Gasteiger partial charge in [0.25, 0.3) is 0 Å². The highest BCUT2D eigenvalue weighted by Gasteiger charge is 2.42. The van der Waals surface area contributed by atoms with E-state index in [-0.39, 0.29) is 0 Å². The Morgan fingerprint density at radius 1 is 0.410 bits per heavy atom. The molecule has 2 aromatic heterocycles. The summed E-state index contributed by atoms with van der Waals surface area (Å²) < 4.78 is 0. The summed E-state index contributed by atoms with van der Waals surface area (Å²) in [5, 5.41) is 0. The molecule has 7 rings (SSSR count). The Morgan fingerprint density at radius 3 is 1.26 bits per heavy atom. The molecule has 2 heterocycles. The molecule has 0 bridgehead atoms. The van der Waals surface area contributed by atoms with Gasteiger partial charge in [-0.15, -0.1) is 0 Å². The number of hydrogen-bond donors (Lipinski definition) is 0. The molecular formula is C37H28N2. The first kappa shape index (κ1) is 23.3. The lowest BCUT2D eigenvalue weighted by Gasteiger charge is -2.38. The second kappa shape index (κ2) is 9.81. The molecule has 0 saturated carbocycles. The van der Waals surface area contributed by atoms with Crippen LogP contribution in [-0.2, 0) is 18.3 Å². The lowest BCUT2D eigenvalue weighted by atomic mass is 9.63. The lowest BCUT2D eigenvalue weighted by Crippen LogP contribution is -2.32. The van der Waals surface area contributed by atoms with Crippen LogP contribution in [0.5, 0.6) is 0 Å². The average Bonchev–Trinajstić information content (AvgIpc) is 3.17. The lowest BCUT2D eigenvalue weighted by molar-refractivity contribution is 0.739. The van der Waals surface area contributed by atoms with Gasteiger partial charge in [-0.2, -0.15) is 0 Å². The fraction of sp³-hybridized carbons (Fsp3) is 0.0811. The van der Waals surface area contributed by atoms with Crippen LogP contribution in [0, 0.1) is 0 Å². The molecule has 0 fully saturated rings. The highest BCUT2D eigenvalue weighted by atomic mass is 14.6. The molecule has 0 radical (unpaired) electrons. The van der Waals surface area contributed by atoms with Gasteiger partial charge < -0.3 is 0 Å². The van der Waals surface area contributed by atoms with Crippen LogP contribution in [0.25, 0.3) is 22.3 Å². The molecule has 0 atom stereocenters. The van der Waals surface area contributed by atoms with E-state index in [4.69, 9.17) is 0 Å². The summed E-state index contributed by atoms with van der Waals surface area (Å²) in [5.74, 6) is 0. The highest BCUT2D eigenvalue weighted by molar-refractivity contribution is 5.70. The topological polar surface area (TPSA) is 25.8 Å². The Kier molecular flexibility index (Phi) is 5.86. The summed E-state index contributed by atoms with van der Waals surface area (Å²) in [6.07, 6.45) is 9.55. The van der Waals surface area contributed by atoms with Crippen LogP contribution in [0.3, 0.4) is 0 Å². The van der Waals surface area contributed by atoms with E-state index in [0.717, 1.165) is 24.0 Å². The highest BCUT2D eigenvalue weighted by Crippen LogP contribution is 2.49. The first-order valence-electron chi connectivity index (χ1n) is 13.5. The number of fused-ring (bicyclic) bond motifs is 2. The fourth-order valence-electron chi connectivity index (χ4n) is 6.30. The van der Waals surface area contributed by atoms with Crippen LogP contribution in [0.1, 0.15) is 33.4 Å². The van der Waals surface area contributed by atoms with Crippen LogP contribution in [0.4, 0.5) is 0 Å². The van der Waals surface area contributed by atoms with Gasteiger partial charge in [-0.3, -0.25) is 9.97 Å². The summed E-state index contributed by atoms with van der Waals surface area (Å²) in [4.78, 5) is 8.67. The van der Waals surface area contributed by atoms with Crippen LogP contribution in [0.2, 0.25) is 0 Å². The van der Waals surface area contributed by atoms with E-state index < -0.39 is 5.41 Å². The number of hydrogen-bond acceptors (Lipinski definition) is 2. The van der Waals surface area contributed by atoms with E-state index in [1.807, 2.05) is 36.9 Å². The van der Waals surface area contributed by atoms with Crippen molar-refractivity contribution < 1.29 is 0 Å². The molecule has 0 amide bonds. The molecule has 39 heavy (non-hydrogen) atoms. The number of aryl methyl sites for hydroxylation is 2. The van der Waals surface area contributed by atoms with Gasteiger partial charge in [-0.05, 0) is 80.6 Å². The van der Waals surface area contributed by atoms with E-state index in [1.165, 1.54) is 44.5 Å². The van der Waals surface area contributed by atoms with Gasteiger partial charge in [0, 0.05) is 24.8 Å². The normalized spacial score (nSPS) is 13.6. The number of nitrogens with zero attached hydrogens (tertiary/aromatic N) is 2. The maximum Gasteiger partial charge on any atom is 0.0706 e. The minimum atomic E-state index is -0.440. The molecule has 0 unspecified atom stereocenters. The monoisotopic (exact) mass is 500 g/mol. The molecule has 1 aliphatic rings. The third-order valence-corrected chi connectivity index (χ3v) is 8.13. The molecule has 4 aromatic carbocycles. The van der Waals surface area contributed by atoms with Gasteiger partial charge in [-0.1, -0.05) is 109 Å². The molecule has 0 N–H and O–H groups in total. The van der Waals surface area contributed by atoms with Crippen molar-refractivity contribution in [3.63, 3.8) is 0 Å². The summed E-state index contributed by atoms with van der Waals surface area (Å²) in [6, 6.07) is 44.5. The van der Waals surface area contributed by atoms with E-state index in [1.54, 1.807) is 0 Å². The second-order valence-corrected chi connectivity index (χ2v) is 10.2. The first-order valence-corrected chi connectivity index (χ1v) is 13.5. The Hall–Kier alpha value is -4.82. The number of pyridine rings is 2. The van der Waals surface area contributed by atoms with Crippen LogP contribution < -0.4 is 0 Å². The number of aromatic nitrogens is 2. The van der Waals surface area contributed by atoms with E-state index in [9.17, 15) is 0 Å². The first-order chi connectivity index (χ1) is 19.3. The van der Waals surface area contributed by atoms with Gasteiger partial charge in [0.15, 0.2) is 0 Å². The molecule has 1 aliphatic carbocycles. The molecule has 0 spiro atoms. The van der Waals surface area contributed by atoms with E-state index in [0.29, 0.717) is 0 Å². The zero-order valence-electron chi connectivity index (χ0n) is 21.7. The average molecular weight is 501 g/mol. The Labute approximate surface area is 229 Å². The predicted octanol–water partition coefficient (Wildman–Crippen LogP) is 8.29. The number of rotatable bonds is 4. The van der Waals surface area contributed by atoms with E-state index in [2.05, 4.69) is 119 Å². The van der Waals surface area contributed by atoms with Gasteiger partial charge in [-0.25, -0.2) is 0 Å². The van der Waals surface area contributed by atoms with Crippen molar-refractivity contribution in [2.75, 3.05) is 0 Å². The van der Waals surface area contributed by atoms with Gasteiger partial charge in [0.2, 0.25) is 0 Å². The van der Waals surface area contributed by atoms with Crippen LogP contribution >= 0.6 is 0 Å². The third-order valence-electron chi connectivity index (χ3n) is 8.13. The molecule has 2 heteroatoms. The molecule has 0 aliphatic heterocycles. The zero-order valence-corrected chi connectivity index (χ0v) is 21.7. The summed E-state index contributed by atoms with van der Waals surface area (Å²) in [5.41, 5.74) is 12.2. The summed E-state index contributed by atoms with van der Waals surface area (Å²) >= 11 is 0. The van der Waals surface area contributed by atoms with Crippen molar-refractivity contribution in [2.45, 2.75) is 18.3 Å². The molecule has 186 valence electrons. The standard InChI is InChI=1S/C37H28N2/c1-3-11-35-29(7-1)13-14-30-8-2-4-12-36(30)37(35,33-19-15-27(16-20-33)31-9-5-23-38-25-31)34-21-17-28(18-22-34)32-10-6-24-39-26-32/h1-12,15-26H,13-14H2. The molecule has 2 nitrogen and oxygen atoms in total. The fourth-order valence-corrected chi connectivity index (χ4v) is 6.30. The van der Waals surface area contributed by atoms with Crippen LogP contribution in [-0.4, -0.2) is 9.97 Å². The van der Waals surface area contributed by atoms with Gasteiger partial charge in [0.1, 0.15) is 0 Å². The SMILES string of the molecule is c1cncc(-c2ccc(C3(c4ccc(-c5cccnc5)cc4)c4ccccc4CCc4ccccc43)cc2)c1.